The first-order valence-electron chi connectivity index (χ1n) is 6.92. The number of aliphatic hydroxyl groups excluding tert-OH is 1. The van der Waals surface area contributed by atoms with Gasteiger partial charge >= 0.3 is 5.82 Å². The summed E-state index contributed by atoms with van der Waals surface area (Å²) in [7, 11) is 0. The Morgan fingerprint density at radius 3 is 2.55 bits per heavy atom. The number of ether oxygens (including phenoxy) is 1. The molecule has 0 aliphatic rings. The van der Waals surface area contributed by atoms with Gasteiger partial charge in [-0.3, -0.25) is 0 Å². The van der Waals surface area contributed by atoms with E-state index in [-0.39, 0.29) is 19.0 Å². The molecule has 7 nitrogen and oxygen atoms in total. The quantitative estimate of drug-likeness (QED) is 0.652. The van der Waals surface area contributed by atoms with Crippen molar-refractivity contribution >= 4 is 5.82 Å². The van der Waals surface area contributed by atoms with Crippen molar-refractivity contribution in [1.82, 2.24) is 9.55 Å². The summed E-state index contributed by atoms with van der Waals surface area (Å²) in [6, 6.07) is 5.79. The van der Waals surface area contributed by atoms with Gasteiger partial charge in [-0.2, -0.15) is 0 Å². The normalized spacial score (nSPS) is 12.2. The monoisotopic (exact) mass is 305 g/mol. The van der Waals surface area contributed by atoms with Crippen molar-refractivity contribution in [2.45, 2.75) is 33.4 Å². The summed E-state index contributed by atoms with van der Waals surface area (Å²) < 4.78 is 6.94. The lowest BCUT2D eigenvalue weighted by Gasteiger charge is -2.13. The molecule has 0 saturated carbocycles. The smallest absolute Gasteiger partial charge is 0.342 e. The standard InChI is InChI=1S/C15H19N3O4/c1-10-4-11(2)6-14(5-10)22-9-13(19)8-17-12(3)16-7-15(17)18(20)21/h4-7,13,19H,8-9H2,1-3H3. The molecule has 0 aliphatic heterocycles. The van der Waals surface area contributed by atoms with Crippen molar-refractivity contribution in [3.63, 3.8) is 0 Å². The average Bonchev–Trinajstić information content (AvgIpc) is 2.77. The topological polar surface area (TPSA) is 90.4 Å². The fourth-order valence-corrected chi connectivity index (χ4v) is 2.30. The van der Waals surface area contributed by atoms with E-state index in [1.54, 1.807) is 6.92 Å². The van der Waals surface area contributed by atoms with Gasteiger partial charge in [-0.15, -0.1) is 0 Å². The molecule has 2 rings (SSSR count). The highest BCUT2D eigenvalue weighted by atomic mass is 16.6. The third kappa shape index (κ3) is 3.82. The number of benzene rings is 1. The minimum atomic E-state index is -0.868. The van der Waals surface area contributed by atoms with Crippen molar-refractivity contribution < 1.29 is 14.8 Å². The predicted molar refractivity (Wildman–Crippen MR) is 81.0 cm³/mol. The van der Waals surface area contributed by atoms with Crippen LogP contribution in [-0.4, -0.2) is 32.3 Å². The van der Waals surface area contributed by atoms with Crippen molar-refractivity contribution in [2.24, 2.45) is 0 Å². The van der Waals surface area contributed by atoms with Crippen molar-refractivity contribution in [3.8, 4) is 5.75 Å². The number of nitro groups is 1. The summed E-state index contributed by atoms with van der Waals surface area (Å²) in [4.78, 5) is 14.3. The van der Waals surface area contributed by atoms with E-state index < -0.39 is 11.0 Å². The lowest BCUT2D eigenvalue weighted by atomic mass is 10.1. The predicted octanol–water partition coefficient (Wildman–Crippen LogP) is 2.16. The molecule has 0 amide bonds. The number of nitrogens with zero attached hydrogens (tertiary/aromatic N) is 3. The Morgan fingerprint density at radius 2 is 1.95 bits per heavy atom. The fraction of sp³-hybridized carbons (Fsp3) is 0.400. The van der Waals surface area contributed by atoms with Gasteiger partial charge in [0.05, 0.1) is 0 Å². The van der Waals surface area contributed by atoms with Gasteiger partial charge in [0.2, 0.25) is 0 Å². The lowest BCUT2D eigenvalue weighted by molar-refractivity contribution is -0.392. The van der Waals surface area contributed by atoms with Crippen LogP contribution in [0.2, 0.25) is 0 Å². The Hall–Kier alpha value is -2.41. The van der Waals surface area contributed by atoms with Crippen LogP contribution < -0.4 is 4.74 Å². The molecule has 0 bridgehead atoms. The Labute approximate surface area is 128 Å². The molecule has 0 fully saturated rings. The summed E-state index contributed by atoms with van der Waals surface area (Å²) in [6.07, 6.45) is 0.319. The number of hydrogen-bond donors (Lipinski definition) is 1. The SMILES string of the molecule is Cc1cc(C)cc(OCC(O)Cn2c([N+](=O)[O-])cnc2C)c1. The second-order valence-electron chi connectivity index (χ2n) is 5.32. The van der Waals surface area contributed by atoms with Gasteiger partial charge in [-0.1, -0.05) is 6.07 Å². The van der Waals surface area contributed by atoms with E-state index in [4.69, 9.17) is 4.74 Å². The minimum Gasteiger partial charge on any atom is -0.491 e. The summed E-state index contributed by atoms with van der Waals surface area (Å²) >= 11 is 0. The van der Waals surface area contributed by atoms with Gasteiger partial charge in [0.25, 0.3) is 0 Å². The molecule has 0 radical (unpaired) electrons. The molecular weight excluding hydrogens is 286 g/mol. The first-order valence-corrected chi connectivity index (χ1v) is 6.92. The van der Waals surface area contributed by atoms with Crippen LogP contribution in [0.15, 0.2) is 24.4 Å². The first-order chi connectivity index (χ1) is 10.4. The molecule has 2 aromatic rings. The molecule has 1 aromatic carbocycles. The van der Waals surface area contributed by atoms with Crippen LogP contribution in [0.5, 0.6) is 5.75 Å². The van der Waals surface area contributed by atoms with Gasteiger partial charge in [0.15, 0.2) is 5.82 Å². The molecule has 7 heteroatoms. The van der Waals surface area contributed by atoms with Gasteiger partial charge in [0, 0.05) is 6.92 Å². The number of imidazole rings is 1. The van der Waals surface area contributed by atoms with Crippen molar-refractivity contribution in [3.05, 3.63) is 51.5 Å². The molecule has 0 aliphatic carbocycles. The highest BCUT2D eigenvalue weighted by Crippen LogP contribution is 2.17. The van der Waals surface area contributed by atoms with Crippen LogP contribution in [0.4, 0.5) is 5.82 Å². The number of rotatable bonds is 6. The van der Waals surface area contributed by atoms with Crippen molar-refractivity contribution in [2.75, 3.05) is 6.61 Å². The molecule has 118 valence electrons. The van der Waals surface area contributed by atoms with Crippen LogP contribution in [0.3, 0.4) is 0 Å². The lowest BCUT2D eigenvalue weighted by Crippen LogP contribution is -2.24. The molecule has 1 heterocycles. The maximum Gasteiger partial charge on any atom is 0.342 e. The Balaban J connectivity index is 2.00. The highest BCUT2D eigenvalue weighted by Gasteiger charge is 2.20. The fourth-order valence-electron chi connectivity index (χ4n) is 2.30. The Morgan fingerprint density at radius 1 is 1.32 bits per heavy atom. The molecule has 1 N–H and O–H groups in total. The second-order valence-corrected chi connectivity index (χ2v) is 5.32. The number of aliphatic hydroxyl groups is 1. The van der Waals surface area contributed by atoms with Gasteiger partial charge in [-0.05, 0) is 42.0 Å². The number of hydrogen-bond acceptors (Lipinski definition) is 5. The Bertz CT molecular complexity index is 661. The number of aryl methyl sites for hydroxylation is 3. The minimum absolute atomic E-state index is 0.0532. The van der Waals surface area contributed by atoms with E-state index in [2.05, 4.69) is 4.98 Å². The zero-order chi connectivity index (χ0) is 16.3. The van der Waals surface area contributed by atoms with Gasteiger partial charge in [0.1, 0.15) is 31.2 Å². The molecular formula is C15H19N3O4. The third-order valence-corrected chi connectivity index (χ3v) is 3.25. The van der Waals surface area contributed by atoms with E-state index >= 15 is 0 Å². The van der Waals surface area contributed by atoms with E-state index in [1.165, 1.54) is 10.8 Å². The van der Waals surface area contributed by atoms with Gasteiger partial charge in [-0.25, -0.2) is 9.55 Å². The summed E-state index contributed by atoms with van der Waals surface area (Å²) in [6.45, 7) is 5.71. The first kappa shape index (κ1) is 16.0. The maximum absolute atomic E-state index is 10.9. The molecule has 1 atom stereocenters. The largest absolute Gasteiger partial charge is 0.491 e. The molecule has 1 unspecified atom stereocenters. The van der Waals surface area contributed by atoms with Crippen LogP contribution in [0.1, 0.15) is 17.0 Å². The number of aromatic nitrogens is 2. The summed E-state index contributed by atoms with van der Waals surface area (Å²) in [5, 5.41) is 21.0. The molecule has 22 heavy (non-hydrogen) atoms. The van der Waals surface area contributed by atoms with Crippen LogP contribution in [-0.2, 0) is 6.54 Å². The highest BCUT2D eigenvalue weighted by molar-refractivity contribution is 5.33. The van der Waals surface area contributed by atoms with E-state index in [1.807, 2.05) is 32.0 Å². The third-order valence-electron chi connectivity index (χ3n) is 3.25. The Kier molecular flexibility index (Phi) is 4.77. The van der Waals surface area contributed by atoms with Crippen molar-refractivity contribution in [1.29, 1.82) is 0 Å². The summed E-state index contributed by atoms with van der Waals surface area (Å²) in [5.41, 5.74) is 2.15. The average molecular weight is 305 g/mol. The molecule has 1 aromatic heterocycles. The van der Waals surface area contributed by atoms with Crippen LogP contribution in [0.25, 0.3) is 0 Å². The second kappa shape index (κ2) is 6.57. The molecule has 0 saturated heterocycles. The maximum atomic E-state index is 10.9. The van der Waals surface area contributed by atoms with E-state index in [9.17, 15) is 15.2 Å². The van der Waals surface area contributed by atoms with E-state index in [0.717, 1.165) is 11.1 Å². The molecule has 0 spiro atoms. The van der Waals surface area contributed by atoms with Crippen LogP contribution in [0, 0.1) is 30.9 Å². The zero-order valence-electron chi connectivity index (χ0n) is 12.8. The van der Waals surface area contributed by atoms with Gasteiger partial charge < -0.3 is 20.0 Å². The zero-order valence-corrected chi connectivity index (χ0v) is 12.8. The summed E-state index contributed by atoms with van der Waals surface area (Å²) in [5.74, 6) is 1.02. The van der Waals surface area contributed by atoms with Crippen LogP contribution >= 0.6 is 0 Å². The van der Waals surface area contributed by atoms with E-state index in [0.29, 0.717) is 11.6 Å².